The Kier molecular flexibility index (Phi) is 5.80. The fourth-order valence-corrected chi connectivity index (χ4v) is 5.29. The molecule has 2 aliphatic heterocycles. The summed E-state index contributed by atoms with van der Waals surface area (Å²) in [5.74, 6) is 0.413. The molecule has 1 fully saturated rings. The molecule has 6 nitrogen and oxygen atoms in total. The second kappa shape index (κ2) is 8.65. The molecule has 0 radical (unpaired) electrons. The van der Waals surface area contributed by atoms with Crippen LogP contribution in [-0.4, -0.2) is 23.9 Å². The minimum absolute atomic E-state index is 0.225. The standard InChI is InChI=1S/C25H21Cl2N3O3S/c1-25-21(23(31)28-16-7-3-14(26)4-8-16)22(19-13-18(32-2)11-12-20(19)33-25)29-24(34)30(25)17-9-5-15(27)6-10-17/h3-13,21-22H,1-2H3,(H,28,31)(H,29,34)/t21-,22+,25-/m0/s1. The fraction of sp³-hybridized carbons (Fsp3) is 0.200. The van der Waals surface area contributed by atoms with Crippen LogP contribution in [0, 0.1) is 5.92 Å². The van der Waals surface area contributed by atoms with Gasteiger partial charge in [0.15, 0.2) is 10.8 Å². The van der Waals surface area contributed by atoms with E-state index in [4.69, 9.17) is 44.9 Å². The van der Waals surface area contributed by atoms with E-state index in [1.807, 2.05) is 42.2 Å². The van der Waals surface area contributed by atoms with Gasteiger partial charge in [0, 0.05) is 27.0 Å². The Morgan fingerprint density at radius 1 is 1.09 bits per heavy atom. The first kappa shape index (κ1) is 22.8. The van der Waals surface area contributed by atoms with Crippen LogP contribution in [0.1, 0.15) is 18.5 Å². The van der Waals surface area contributed by atoms with Gasteiger partial charge in [0.2, 0.25) is 5.91 Å². The Balaban J connectivity index is 1.62. The van der Waals surface area contributed by atoms with Crippen LogP contribution in [0.25, 0.3) is 0 Å². The van der Waals surface area contributed by atoms with Crippen molar-refractivity contribution < 1.29 is 14.3 Å². The smallest absolute Gasteiger partial charge is 0.236 e. The lowest BCUT2D eigenvalue weighted by molar-refractivity contribution is -0.130. The van der Waals surface area contributed by atoms with Gasteiger partial charge in [-0.05, 0) is 85.9 Å². The van der Waals surface area contributed by atoms with Gasteiger partial charge < -0.3 is 20.1 Å². The number of fused-ring (bicyclic) bond motifs is 4. The van der Waals surface area contributed by atoms with Crippen LogP contribution in [0.5, 0.6) is 11.5 Å². The Morgan fingerprint density at radius 3 is 2.38 bits per heavy atom. The molecule has 0 aliphatic carbocycles. The van der Waals surface area contributed by atoms with E-state index in [2.05, 4.69) is 10.6 Å². The molecule has 0 spiro atoms. The molecule has 2 bridgehead atoms. The van der Waals surface area contributed by atoms with Gasteiger partial charge in [-0.25, -0.2) is 0 Å². The highest BCUT2D eigenvalue weighted by molar-refractivity contribution is 7.80. The Morgan fingerprint density at radius 2 is 1.74 bits per heavy atom. The van der Waals surface area contributed by atoms with E-state index >= 15 is 0 Å². The Labute approximate surface area is 212 Å². The Hall–Kier alpha value is -3.00. The second-order valence-corrected chi connectivity index (χ2v) is 9.53. The van der Waals surface area contributed by atoms with E-state index in [0.29, 0.717) is 32.3 Å². The summed E-state index contributed by atoms with van der Waals surface area (Å²) in [6, 6.07) is 19.3. The van der Waals surface area contributed by atoms with Crippen LogP contribution in [0.4, 0.5) is 11.4 Å². The minimum Gasteiger partial charge on any atom is -0.497 e. The van der Waals surface area contributed by atoms with Crippen LogP contribution < -0.4 is 25.0 Å². The largest absolute Gasteiger partial charge is 0.497 e. The van der Waals surface area contributed by atoms with Crippen LogP contribution in [0.15, 0.2) is 66.7 Å². The van der Waals surface area contributed by atoms with Gasteiger partial charge >= 0.3 is 0 Å². The van der Waals surface area contributed by atoms with Crippen molar-refractivity contribution in [2.45, 2.75) is 18.7 Å². The molecule has 2 N–H and O–H groups in total. The third kappa shape index (κ3) is 3.83. The number of anilines is 2. The lowest BCUT2D eigenvalue weighted by atomic mass is 9.78. The van der Waals surface area contributed by atoms with E-state index < -0.39 is 17.7 Å². The van der Waals surface area contributed by atoms with Gasteiger partial charge in [0.25, 0.3) is 0 Å². The van der Waals surface area contributed by atoms with Gasteiger partial charge in [0.05, 0.1) is 13.2 Å². The SMILES string of the molecule is COc1ccc2c(c1)[C@H]1NC(=S)N(c3ccc(Cl)cc3)[C@@](C)(O2)[C@@H]1C(=O)Nc1ccc(Cl)cc1. The topological polar surface area (TPSA) is 62.8 Å². The number of nitrogens with zero attached hydrogens (tertiary/aromatic N) is 1. The monoisotopic (exact) mass is 513 g/mol. The molecule has 3 aromatic rings. The summed E-state index contributed by atoms with van der Waals surface area (Å²) in [7, 11) is 1.60. The minimum atomic E-state index is -1.13. The summed E-state index contributed by atoms with van der Waals surface area (Å²) in [5.41, 5.74) is 1.06. The van der Waals surface area contributed by atoms with Gasteiger partial charge in [-0.3, -0.25) is 9.69 Å². The molecule has 174 valence electrons. The van der Waals surface area contributed by atoms with Crippen molar-refractivity contribution in [1.29, 1.82) is 0 Å². The number of ether oxygens (including phenoxy) is 2. The summed E-state index contributed by atoms with van der Waals surface area (Å²) in [6.45, 7) is 1.88. The molecule has 2 aliphatic rings. The third-order valence-corrected chi connectivity index (χ3v) is 6.99. The summed E-state index contributed by atoms with van der Waals surface area (Å²) in [4.78, 5) is 15.6. The predicted octanol–water partition coefficient (Wildman–Crippen LogP) is 5.80. The number of carbonyl (C=O) groups is 1. The van der Waals surface area contributed by atoms with Crippen molar-refractivity contribution in [2.24, 2.45) is 5.92 Å². The number of methoxy groups -OCH3 is 1. The van der Waals surface area contributed by atoms with Crippen LogP contribution in [0.2, 0.25) is 10.0 Å². The zero-order valence-corrected chi connectivity index (χ0v) is 20.7. The normalized spacial score (nSPS) is 22.8. The zero-order chi connectivity index (χ0) is 24.0. The molecule has 34 heavy (non-hydrogen) atoms. The van der Waals surface area contributed by atoms with Crippen molar-refractivity contribution in [3.05, 3.63) is 82.3 Å². The predicted molar refractivity (Wildman–Crippen MR) is 138 cm³/mol. The first-order valence-electron chi connectivity index (χ1n) is 10.6. The van der Waals surface area contributed by atoms with E-state index in [-0.39, 0.29) is 5.91 Å². The first-order valence-corrected chi connectivity index (χ1v) is 11.8. The summed E-state index contributed by atoms with van der Waals surface area (Å²) in [5, 5.41) is 8.01. The van der Waals surface area contributed by atoms with Crippen molar-refractivity contribution >= 4 is 57.8 Å². The highest BCUT2D eigenvalue weighted by Crippen LogP contribution is 2.50. The molecule has 1 saturated heterocycles. The number of rotatable bonds is 4. The van der Waals surface area contributed by atoms with Crippen LogP contribution in [-0.2, 0) is 4.79 Å². The fourth-order valence-electron chi connectivity index (χ4n) is 4.62. The summed E-state index contributed by atoms with van der Waals surface area (Å²) >= 11 is 17.9. The molecule has 0 unspecified atom stereocenters. The number of benzene rings is 3. The van der Waals surface area contributed by atoms with Crippen LogP contribution >= 0.6 is 35.4 Å². The number of thiocarbonyl (C=S) groups is 1. The van der Waals surface area contributed by atoms with Crippen molar-refractivity contribution in [3.63, 3.8) is 0 Å². The van der Waals surface area contributed by atoms with Gasteiger partial charge in [-0.2, -0.15) is 0 Å². The van der Waals surface area contributed by atoms with Crippen LogP contribution in [0.3, 0.4) is 0 Å². The highest BCUT2D eigenvalue weighted by Gasteiger charge is 2.59. The molecule has 5 rings (SSSR count). The number of carbonyl (C=O) groups excluding carboxylic acids is 1. The van der Waals surface area contributed by atoms with E-state index in [1.54, 1.807) is 43.5 Å². The van der Waals surface area contributed by atoms with Crippen molar-refractivity contribution in [1.82, 2.24) is 5.32 Å². The van der Waals surface area contributed by atoms with Gasteiger partial charge in [-0.15, -0.1) is 0 Å². The molecule has 9 heteroatoms. The zero-order valence-electron chi connectivity index (χ0n) is 18.3. The van der Waals surface area contributed by atoms with Gasteiger partial charge in [-0.1, -0.05) is 23.2 Å². The average Bonchev–Trinajstić information content (AvgIpc) is 2.81. The number of nitrogens with one attached hydrogen (secondary N) is 2. The maximum Gasteiger partial charge on any atom is 0.236 e. The quantitative estimate of drug-likeness (QED) is 0.429. The molecule has 0 saturated carbocycles. The average molecular weight is 514 g/mol. The second-order valence-electron chi connectivity index (χ2n) is 8.27. The Bertz CT molecular complexity index is 1270. The lowest BCUT2D eigenvalue weighted by Gasteiger charge is -2.56. The molecule has 3 aromatic carbocycles. The molecule has 2 heterocycles. The number of amides is 1. The number of hydrogen-bond donors (Lipinski definition) is 2. The molecule has 3 atom stereocenters. The van der Waals surface area contributed by atoms with Crippen molar-refractivity contribution in [2.75, 3.05) is 17.3 Å². The van der Waals surface area contributed by atoms with Gasteiger partial charge in [0.1, 0.15) is 17.4 Å². The molecular weight excluding hydrogens is 493 g/mol. The van der Waals surface area contributed by atoms with E-state index in [1.165, 1.54) is 0 Å². The lowest BCUT2D eigenvalue weighted by Crippen LogP contribution is -2.72. The summed E-state index contributed by atoms with van der Waals surface area (Å²) in [6.07, 6.45) is 0. The number of halogens is 2. The highest BCUT2D eigenvalue weighted by atomic mass is 35.5. The molecule has 0 aromatic heterocycles. The maximum absolute atomic E-state index is 13.8. The molecular formula is C25H21Cl2N3O3S. The summed E-state index contributed by atoms with van der Waals surface area (Å²) < 4.78 is 12.0. The number of hydrogen-bond acceptors (Lipinski definition) is 4. The van der Waals surface area contributed by atoms with E-state index in [9.17, 15) is 4.79 Å². The van der Waals surface area contributed by atoms with Crippen molar-refractivity contribution in [3.8, 4) is 11.5 Å². The van der Waals surface area contributed by atoms with E-state index in [0.717, 1.165) is 11.3 Å². The third-order valence-electron chi connectivity index (χ3n) is 6.18. The first-order chi connectivity index (χ1) is 16.3. The maximum atomic E-state index is 13.8. The molecule has 1 amide bonds.